The summed E-state index contributed by atoms with van der Waals surface area (Å²) < 4.78 is 5.45. The van der Waals surface area contributed by atoms with Crippen molar-refractivity contribution in [3.8, 4) is 5.75 Å². The highest BCUT2D eigenvalue weighted by Crippen LogP contribution is 2.33. The molecule has 0 unspecified atom stereocenters. The van der Waals surface area contributed by atoms with Crippen LogP contribution in [-0.4, -0.2) is 49.9 Å². The van der Waals surface area contributed by atoms with Crippen LogP contribution in [0.3, 0.4) is 0 Å². The first-order valence-electron chi connectivity index (χ1n) is 8.92. The van der Waals surface area contributed by atoms with Gasteiger partial charge in [-0.1, -0.05) is 17.7 Å². The monoisotopic (exact) mass is 381 g/mol. The summed E-state index contributed by atoms with van der Waals surface area (Å²) in [6.45, 7) is 3.58. The quantitative estimate of drug-likeness (QED) is 0.882. The fourth-order valence-corrected chi connectivity index (χ4v) is 3.05. The summed E-state index contributed by atoms with van der Waals surface area (Å²) in [6, 6.07) is 10.6. The van der Waals surface area contributed by atoms with Gasteiger partial charge in [-0.25, -0.2) is 0 Å². The van der Waals surface area contributed by atoms with E-state index in [2.05, 4.69) is 5.32 Å². The standard InChI is InChI=1S/C21H23N3O4/c1-13-5-7-16(14(2)9-13)22-19(25)11-24-17-10-15(21(27)23(3)4)6-8-18(17)28-12-20(24)26/h5-10H,11-12H2,1-4H3,(H,22,25). The molecule has 0 fully saturated rings. The maximum atomic E-state index is 12.6. The van der Waals surface area contributed by atoms with E-state index in [1.54, 1.807) is 32.3 Å². The number of hydrogen-bond donors (Lipinski definition) is 1. The number of nitrogens with one attached hydrogen (secondary N) is 1. The highest BCUT2D eigenvalue weighted by atomic mass is 16.5. The second-order valence-electron chi connectivity index (χ2n) is 7.02. The van der Waals surface area contributed by atoms with E-state index >= 15 is 0 Å². The van der Waals surface area contributed by atoms with Crippen LogP contribution in [0.2, 0.25) is 0 Å². The van der Waals surface area contributed by atoms with E-state index < -0.39 is 0 Å². The molecular formula is C21H23N3O4. The van der Waals surface area contributed by atoms with Gasteiger partial charge in [-0.15, -0.1) is 0 Å². The molecule has 1 N–H and O–H groups in total. The molecule has 0 radical (unpaired) electrons. The van der Waals surface area contributed by atoms with Gasteiger partial charge < -0.3 is 15.0 Å². The van der Waals surface area contributed by atoms with Crippen molar-refractivity contribution in [1.29, 1.82) is 0 Å². The molecule has 1 heterocycles. The number of ether oxygens (including phenoxy) is 1. The molecule has 28 heavy (non-hydrogen) atoms. The molecule has 0 bridgehead atoms. The first kappa shape index (κ1) is 19.4. The third-order valence-corrected chi connectivity index (χ3v) is 4.51. The smallest absolute Gasteiger partial charge is 0.265 e. The molecular weight excluding hydrogens is 358 g/mol. The van der Waals surface area contributed by atoms with Gasteiger partial charge in [0, 0.05) is 25.3 Å². The maximum absolute atomic E-state index is 12.6. The second kappa shape index (κ2) is 7.72. The van der Waals surface area contributed by atoms with Gasteiger partial charge in [0.25, 0.3) is 11.8 Å². The van der Waals surface area contributed by atoms with Gasteiger partial charge >= 0.3 is 0 Å². The third-order valence-electron chi connectivity index (χ3n) is 4.51. The SMILES string of the molecule is Cc1ccc(NC(=O)CN2C(=O)COc3ccc(C(=O)N(C)C)cc32)c(C)c1. The normalized spacial score (nSPS) is 12.9. The predicted molar refractivity (Wildman–Crippen MR) is 107 cm³/mol. The molecule has 0 aromatic heterocycles. The Bertz CT molecular complexity index is 953. The molecule has 7 nitrogen and oxygen atoms in total. The van der Waals surface area contributed by atoms with Crippen LogP contribution in [0.25, 0.3) is 0 Å². The van der Waals surface area contributed by atoms with Gasteiger partial charge in [-0.05, 0) is 43.7 Å². The number of aryl methyl sites for hydroxylation is 2. The van der Waals surface area contributed by atoms with Gasteiger partial charge in [0.05, 0.1) is 5.69 Å². The summed E-state index contributed by atoms with van der Waals surface area (Å²) in [5.41, 5.74) is 3.58. The van der Waals surface area contributed by atoms with Gasteiger partial charge in [0.15, 0.2) is 6.61 Å². The van der Waals surface area contributed by atoms with Crippen molar-refractivity contribution in [2.75, 3.05) is 37.5 Å². The fourth-order valence-electron chi connectivity index (χ4n) is 3.05. The zero-order chi connectivity index (χ0) is 20.4. The van der Waals surface area contributed by atoms with Crippen molar-refractivity contribution >= 4 is 29.1 Å². The van der Waals surface area contributed by atoms with E-state index in [-0.39, 0.29) is 30.9 Å². The number of carbonyl (C=O) groups excluding carboxylic acids is 3. The lowest BCUT2D eigenvalue weighted by atomic mass is 10.1. The van der Waals surface area contributed by atoms with Gasteiger partial charge in [-0.2, -0.15) is 0 Å². The Kier molecular flexibility index (Phi) is 5.35. The molecule has 1 aliphatic rings. The van der Waals surface area contributed by atoms with Crippen molar-refractivity contribution in [1.82, 2.24) is 4.90 Å². The van der Waals surface area contributed by atoms with Crippen LogP contribution < -0.4 is 15.0 Å². The number of carbonyl (C=O) groups is 3. The van der Waals surface area contributed by atoms with Crippen LogP contribution in [0.1, 0.15) is 21.5 Å². The van der Waals surface area contributed by atoms with E-state index in [9.17, 15) is 14.4 Å². The highest BCUT2D eigenvalue weighted by Gasteiger charge is 2.28. The molecule has 3 rings (SSSR count). The average Bonchev–Trinajstić information content (AvgIpc) is 2.65. The van der Waals surface area contributed by atoms with Crippen LogP contribution >= 0.6 is 0 Å². The molecule has 0 atom stereocenters. The molecule has 7 heteroatoms. The summed E-state index contributed by atoms with van der Waals surface area (Å²) in [7, 11) is 3.30. The topological polar surface area (TPSA) is 79.0 Å². The van der Waals surface area contributed by atoms with E-state index in [1.165, 1.54) is 9.80 Å². The summed E-state index contributed by atoms with van der Waals surface area (Å²) >= 11 is 0. The minimum absolute atomic E-state index is 0.148. The predicted octanol–water partition coefficient (Wildman–Crippen LogP) is 2.37. The van der Waals surface area contributed by atoms with Crippen LogP contribution in [-0.2, 0) is 9.59 Å². The van der Waals surface area contributed by atoms with Crippen LogP contribution in [0.15, 0.2) is 36.4 Å². The lowest BCUT2D eigenvalue weighted by molar-refractivity contribution is -0.123. The number of amides is 3. The van der Waals surface area contributed by atoms with Crippen LogP contribution in [0.4, 0.5) is 11.4 Å². The minimum Gasteiger partial charge on any atom is -0.482 e. The van der Waals surface area contributed by atoms with Crippen molar-refractivity contribution in [3.05, 3.63) is 53.1 Å². The molecule has 146 valence electrons. The Morgan fingerprint density at radius 2 is 1.89 bits per heavy atom. The molecule has 1 aliphatic heterocycles. The van der Waals surface area contributed by atoms with Crippen molar-refractivity contribution in [3.63, 3.8) is 0 Å². The Hall–Kier alpha value is -3.35. The molecule has 2 aromatic carbocycles. The third kappa shape index (κ3) is 3.98. The van der Waals surface area contributed by atoms with E-state index in [0.29, 0.717) is 22.7 Å². The summed E-state index contributed by atoms with van der Waals surface area (Å²) in [5.74, 6) is -0.384. The maximum Gasteiger partial charge on any atom is 0.265 e. The molecule has 3 amide bonds. The van der Waals surface area contributed by atoms with Crippen molar-refractivity contribution < 1.29 is 19.1 Å². The Labute approximate surface area is 163 Å². The van der Waals surface area contributed by atoms with Crippen molar-refractivity contribution in [2.24, 2.45) is 0 Å². The fraction of sp³-hybridized carbons (Fsp3) is 0.286. The first-order chi connectivity index (χ1) is 13.3. The number of rotatable bonds is 4. The Morgan fingerprint density at radius 3 is 2.57 bits per heavy atom. The number of nitrogens with zero attached hydrogens (tertiary/aromatic N) is 2. The summed E-state index contributed by atoms with van der Waals surface area (Å²) in [6.07, 6.45) is 0. The number of benzene rings is 2. The molecule has 0 aliphatic carbocycles. The van der Waals surface area contributed by atoms with Gasteiger partial charge in [0.1, 0.15) is 12.3 Å². The largest absolute Gasteiger partial charge is 0.482 e. The zero-order valence-electron chi connectivity index (χ0n) is 16.4. The molecule has 2 aromatic rings. The lowest BCUT2D eigenvalue weighted by Crippen LogP contribution is -2.43. The number of anilines is 2. The molecule has 0 saturated carbocycles. The number of hydrogen-bond acceptors (Lipinski definition) is 4. The van der Waals surface area contributed by atoms with E-state index in [1.807, 2.05) is 32.0 Å². The first-order valence-corrected chi connectivity index (χ1v) is 8.92. The van der Waals surface area contributed by atoms with Crippen LogP contribution in [0, 0.1) is 13.8 Å². The van der Waals surface area contributed by atoms with Gasteiger partial charge in [-0.3, -0.25) is 19.3 Å². The summed E-state index contributed by atoms with van der Waals surface area (Å²) in [4.78, 5) is 40.0. The minimum atomic E-state index is -0.335. The van der Waals surface area contributed by atoms with E-state index in [4.69, 9.17) is 4.74 Å². The Balaban J connectivity index is 1.84. The van der Waals surface area contributed by atoms with Gasteiger partial charge in [0.2, 0.25) is 5.91 Å². The lowest BCUT2D eigenvalue weighted by Gasteiger charge is -2.29. The Morgan fingerprint density at radius 1 is 1.14 bits per heavy atom. The van der Waals surface area contributed by atoms with E-state index in [0.717, 1.165) is 11.1 Å². The molecule has 0 saturated heterocycles. The highest BCUT2D eigenvalue weighted by molar-refractivity contribution is 6.06. The number of fused-ring (bicyclic) bond motifs is 1. The van der Waals surface area contributed by atoms with Crippen molar-refractivity contribution in [2.45, 2.75) is 13.8 Å². The second-order valence-corrected chi connectivity index (χ2v) is 7.02. The zero-order valence-corrected chi connectivity index (χ0v) is 16.4. The summed E-state index contributed by atoms with van der Waals surface area (Å²) in [5, 5.41) is 2.84. The molecule has 0 spiro atoms. The van der Waals surface area contributed by atoms with Crippen LogP contribution in [0.5, 0.6) is 5.75 Å². The average molecular weight is 381 g/mol.